The van der Waals surface area contributed by atoms with E-state index < -0.39 is 21.9 Å². The molecule has 0 aliphatic rings. The lowest BCUT2D eigenvalue weighted by atomic mass is 10.1. The zero-order valence-corrected chi connectivity index (χ0v) is 9.83. The number of rotatable bonds is 3. The fraction of sp³-hybridized carbons (Fsp3) is 0. The van der Waals surface area contributed by atoms with E-state index in [1.54, 1.807) is 12.1 Å². The largest absolute Gasteiger partial charge is 0.477 e. The Morgan fingerprint density at radius 3 is 2.39 bits per heavy atom. The summed E-state index contributed by atoms with van der Waals surface area (Å²) in [6.07, 6.45) is 4.07. The van der Waals surface area contributed by atoms with E-state index in [0.29, 0.717) is 9.54 Å². The van der Waals surface area contributed by atoms with Crippen LogP contribution in [0.15, 0.2) is 36.8 Å². The van der Waals surface area contributed by atoms with Crippen LogP contribution in [0.4, 0.5) is 0 Å². The van der Waals surface area contributed by atoms with Crippen LogP contribution in [0.1, 0.15) is 10.5 Å². The van der Waals surface area contributed by atoms with Gasteiger partial charge in [-0.15, -0.1) is 0 Å². The Bertz CT molecular complexity index is 691. The molecule has 8 heteroatoms. The monoisotopic (exact) mass is 267 g/mol. The molecule has 0 bridgehead atoms. The molecule has 0 atom stereocenters. The Labute approximate surface area is 103 Å². The summed E-state index contributed by atoms with van der Waals surface area (Å²) in [5.74, 6) is -1.37. The summed E-state index contributed by atoms with van der Waals surface area (Å²) in [4.78, 5) is 15.0. The van der Waals surface area contributed by atoms with Crippen LogP contribution in [0.2, 0.25) is 0 Å². The predicted molar refractivity (Wildman–Crippen MR) is 63.1 cm³/mol. The lowest BCUT2D eigenvalue weighted by Crippen LogP contribution is -2.24. The highest BCUT2D eigenvalue weighted by atomic mass is 32.2. The standard InChI is InChI=1S/C10H9N3O4S/c11-18(16,17)13-6-3-8(9(13)10(14)15)7-1-4-12-5-2-7/h1-6H,(H,14,15)(H2,11,16,17). The third kappa shape index (κ3) is 2.11. The number of carboxylic acids is 1. The number of hydrogen-bond acceptors (Lipinski definition) is 4. The van der Waals surface area contributed by atoms with E-state index in [1.165, 1.54) is 18.5 Å². The van der Waals surface area contributed by atoms with Crippen LogP contribution in [0.3, 0.4) is 0 Å². The molecule has 0 amide bonds. The predicted octanol–water partition coefficient (Wildman–Crippen LogP) is 0.300. The van der Waals surface area contributed by atoms with Gasteiger partial charge in [-0.2, -0.15) is 8.42 Å². The fourth-order valence-electron chi connectivity index (χ4n) is 1.60. The van der Waals surface area contributed by atoms with Gasteiger partial charge in [0.25, 0.3) is 0 Å². The number of aromatic nitrogens is 2. The van der Waals surface area contributed by atoms with Crippen LogP contribution in [0, 0.1) is 0 Å². The van der Waals surface area contributed by atoms with Crippen LogP contribution in [0.5, 0.6) is 0 Å². The summed E-state index contributed by atoms with van der Waals surface area (Å²) in [7, 11) is -4.15. The van der Waals surface area contributed by atoms with Gasteiger partial charge in [0.2, 0.25) is 0 Å². The molecule has 0 saturated carbocycles. The van der Waals surface area contributed by atoms with Crippen LogP contribution < -0.4 is 5.14 Å². The molecule has 0 fully saturated rings. The first-order chi connectivity index (χ1) is 8.41. The molecule has 0 unspecified atom stereocenters. The molecule has 7 nitrogen and oxygen atoms in total. The molecule has 0 spiro atoms. The molecule has 0 saturated heterocycles. The highest BCUT2D eigenvalue weighted by molar-refractivity contribution is 7.87. The van der Waals surface area contributed by atoms with Gasteiger partial charge in [0.05, 0.1) is 0 Å². The first-order valence-electron chi connectivity index (χ1n) is 4.79. The maximum absolute atomic E-state index is 11.3. The van der Waals surface area contributed by atoms with Crippen LogP contribution in [-0.2, 0) is 10.2 Å². The molecule has 2 aromatic rings. The second-order valence-corrected chi connectivity index (χ2v) is 4.88. The lowest BCUT2D eigenvalue weighted by molar-refractivity contribution is 0.0690. The maximum Gasteiger partial charge on any atom is 0.354 e. The molecule has 0 aromatic carbocycles. The number of carbonyl (C=O) groups is 1. The van der Waals surface area contributed by atoms with Crippen molar-refractivity contribution in [2.75, 3.05) is 0 Å². The van der Waals surface area contributed by atoms with Crippen molar-refractivity contribution >= 4 is 16.2 Å². The van der Waals surface area contributed by atoms with Crippen molar-refractivity contribution in [1.82, 2.24) is 8.96 Å². The van der Waals surface area contributed by atoms with Crippen LogP contribution >= 0.6 is 0 Å². The molecule has 2 rings (SSSR count). The Hall–Kier alpha value is -2.19. The Balaban J connectivity index is 2.72. The van der Waals surface area contributed by atoms with Gasteiger partial charge in [0, 0.05) is 24.2 Å². The highest BCUT2D eigenvalue weighted by Crippen LogP contribution is 2.25. The van der Waals surface area contributed by atoms with E-state index in [4.69, 9.17) is 10.2 Å². The Morgan fingerprint density at radius 1 is 1.28 bits per heavy atom. The van der Waals surface area contributed by atoms with Gasteiger partial charge in [-0.25, -0.2) is 13.9 Å². The normalized spacial score (nSPS) is 11.4. The average Bonchev–Trinajstić information content (AvgIpc) is 2.74. The maximum atomic E-state index is 11.3. The van der Waals surface area contributed by atoms with Crippen LogP contribution in [0.25, 0.3) is 11.1 Å². The Morgan fingerprint density at radius 2 is 1.89 bits per heavy atom. The van der Waals surface area contributed by atoms with Gasteiger partial charge in [-0.1, -0.05) is 0 Å². The molecule has 94 valence electrons. The molecule has 3 N–H and O–H groups in total. The van der Waals surface area contributed by atoms with Crippen molar-refractivity contribution < 1.29 is 18.3 Å². The third-order valence-electron chi connectivity index (χ3n) is 2.32. The van der Waals surface area contributed by atoms with E-state index >= 15 is 0 Å². The first-order valence-corrected chi connectivity index (χ1v) is 6.30. The summed E-state index contributed by atoms with van der Waals surface area (Å²) in [5, 5.41) is 14.0. The van der Waals surface area contributed by atoms with Crippen molar-refractivity contribution in [2.45, 2.75) is 0 Å². The minimum absolute atomic E-state index is 0.263. The number of nitrogens with zero attached hydrogens (tertiary/aromatic N) is 2. The number of aromatic carboxylic acids is 1. The summed E-state index contributed by atoms with van der Waals surface area (Å²) in [6.45, 7) is 0. The second kappa shape index (κ2) is 4.24. The van der Waals surface area contributed by atoms with Gasteiger partial charge in [-0.05, 0) is 23.8 Å². The molecule has 18 heavy (non-hydrogen) atoms. The molecule has 0 aliphatic carbocycles. The van der Waals surface area contributed by atoms with Crippen molar-refractivity contribution in [1.29, 1.82) is 0 Å². The molecule has 0 aliphatic heterocycles. The number of carboxylic acid groups (broad SMARTS) is 1. The average molecular weight is 267 g/mol. The number of hydrogen-bond donors (Lipinski definition) is 2. The van der Waals surface area contributed by atoms with Gasteiger partial charge in [-0.3, -0.25) is 4.98 Å². The minimum Gasteiger partial charge on any atom is -0.477 e. The van der Waals surface area contributed by atoms with E-state index in [9.17, 15) is 13.2 Å². The third-order valence-corrected chi connectivity index (χ3v) is 3.17. The van der Waals surface area contributed by atoms with E-state index in [-0.39, 0.29) is 5.56 Å². The van der Waals surface area contributed by atoms with Crippen molar-refractivity contribution in [2.24, 2.45) is 5.14 Å². The molecular weight excluding hydrogens is 258 g/mol. The summed E-state index contributed by atoms with van der Waals surface area (Å²) >= 11 is 0. The fourth-order valence-corrected chi connectivity index (χ4v) is 2.26. The number of pyridine rings is 1. The minimum atomic E-state index is -4.15. The summed E-state index contributed by atoms with van der Waals surface area (Å²) < 4.78 is 23.1. The zero-order valence-electron chi connectivity index (χ0n) is 9.02. The summed E-state index contributed by atoms with van der Waals surface area (Å²) in [6, 6.07) is 4.54. The second-order valence-electron chi connectivity index (χ2n) is 3.46. The van der Waals surface area contributed by atoms with Gasteiger partial charge in [0.1, 0.15) is 0 Å². The SMILES string of the molecule is NS(=O)(=O)n1ccc(-c2ccncc2)c1C(=O)O. The van der Waals surface area contributed by atoms with Gasteiger partial charge in [0.15, 0.2) is 5.69 Å². The topological polar surface area (TPSA) is 115 Å². The van der Waals surface area contributed by atoms with E-state index in [0.717, 1.165) is 6.20 Å². The molecule has 2 heterocycles. The van der Waals surface area contributed by atoms with Gasteiger partial charge < -0.3 is 5.11 Å². The first kappa shape index (κ1) is 12.3. The summed E-state index contributed by atoms with van der Waals surface area (Å²) in [5.41, 5.74) is 0.410. The highest BCUT2D eigenvalue weighted by Gasteiger charge is 2.22. The lowest BCUT2D eigenvalue weighted by Gasteiger charge is -2.05. The van der Waals surface area contributed by atoms with Crippen molar-refractivity contribution in [3.05, 3.63) is 42.5 Å². The van der Waals surface area contributed by atoms with E-state index in [2.05, 4.69) is 4.98 Å². The Kier molecular flexibility index (Phi) is 2.89. The zero-order chi connectivity index (χ0) is 13.3. The smallest absolute Gasteiger partial charge is 0.354 e. The molecule has 0 radical (unpaired) electrons. The van der Waals surface area contributed by atoms with Crippen molar-refractivity contribution in [3.8, 4) is 11.1 Å². The molecule has 2 aromatic heterocycles. The number of nitrogens with two attached hydrogens (primary N) is 1. The van der Waals surface area contributed by atoms with Gasteiger partial charge >= 0.3 is 16.2 Å². The quantitative estimate of drug-likeness (QED) is 0.829. The molecular formula is C10H9N3O4S. The van der Waals surface area contributed by atoms with E-state index in [1.807, 2.05) is 0 Å². The van der Waals surface area contributed by atoms with Crippen molar-refractivity contribution in [3.63, 3.8) is 0 Å². The van der Waals surface area contributed by atoms with Crippen LogP contribution in [-0.4, -0.2) is 28.5 Å².